The summed E-state index contributed by atoms with van der Waals surface area (Å²) in [7, 11) is -3.73. The first-order chi connectivity index (χ1) is 15.7. The number of amides is 1. The van der Waals surface area contributed by atoms with Crippen molar-refractivity contribution in [3.63, 3.8) is 0 Å². The Hall–Kier alpha value is -2.99. The van der Waals surface area contributed by atoms with Crippen molar-refractivity contribution < 1.29 is 26.4 Å². The van der Waals surface area contributed by atoms with Crippen LogP contribution in [0.5, 0.6) is 0 Å². The van der Waals surface area contributed by atoms with Gasteiger partial charge in [0.1, 0.15) is 0 Å². The number of hydrogen-bond acceptors (Lipinski definition) is 5. The van der Waals surface area contributed by atoms with Crippen molar-refractivity contribution in [1.82, 2.24) is 24.2 Å². The summed E-state index contributed by atoms with van der Waals surface area (Å²) in [5.41, 5.74) is -0.540. The summed E-state index contributed by atoms with van der Waals surface area (Å²) >= 11 is 0. The molecule has 0 bridgehead atoms. The number of rotatable bonds is 5. The van der Waals surface area contributed by atoms with Crippen LogP contribution in [-0.4, -0.2) is 46.3 Å². The van der Waals surface area contributed by atoms with E-state index in [4.69, 9.17) is 0 Å². The molecule has 0 radical (unpaired) electrons. The van der Waals surface area contributed by atoms with Crippen LogP contribution in [0.15, 0.2) is 47.5 Å². The van der Waals surface area contributed by atoms with E-state index in [2.05, 4.69) is 15.5 Å². The highest BCUT2D eigenvalue weighted by Gasteiger charge is 2.31. The number of benzene rings is 1. The molecule has 0 spiro atoms. The molecular formula is C21H22F3N5O3S. The fraction of sp³-hybridized carbons (Fsp3) is 0.381. The molecule has 0 atom stereocenters. The minimum atomic E-state index is -4.53. The second-order valence-electron chi connectivity index (χ2n) is 7.79. The average Bonchev–Trinajstić information content (AvgIpc) is 2.99. The number of carbonyl (C=O) groups excluding carboxylic acids is 1. The molecule has 0 unspecified atom stereocenters. The monoisotopic (exact) mass is 481 g/mol. The van der Waals surface area contributed by atoms with Gasteiger partial charge < -0.3 is 5.32 Å². The first-order valence-corrected chi connectivity index (χ1v) is 11.9. The van der Waals surface area contributed by atoms with Crippen LogP contribution in [0.2, 0.25) is 0 Å². The second kappa shape index (κ2) is 9.10. The summed E-state index contributed by atoms with van der Waals surface area (Å²) in [6.45, 7) is 0.696. The molecule has 2 aromatic heterocycles. The molecule has 1 saturated heterocycles. The molecule has 3 heterocycles. The zero-order valence-corrected chi connectivity index (χ0v) is 18.4. The molecule has 33 heavy (non-hydrogen) atoms. The maximum atomic E-state index is 13.0. The molecule has 0 saturated carbocycles. The zero-order chi connectivity index (χ0) is 23.6. The van der Waals surface area contributed by atoms with Crippen LogP contribution in [-0.2, 0) is 22.7 Å². The molecule has 3 aromatic rings. The molecule has 1 aliphatic heterocycles. The lowest BCUT2D eigenvalue weighted by Crippen LogP contribution is -2.32. The minimum absolute atomic E-state index is 0.0276. The maximum Gasteiger partial charge on any atom is 0.417 e. The van der Waals surface area contributed by atoms with Crippen LogP contribution in [0.1, 0.15) is 47.4 Å². The van der Waals surface area contributed by atoms with E-state index in [9.17, 15) is 26.4 Å². The van der Waals surface area contributed by atoms with Crippen molar-refractivity contribution in [3.8, 4) is 0 Å². The van der Waals surface area contributed by atoms with Crippen molar-refractivity contribution in [2.45, 2.75) is 43.3 Å². The fourth-order valence-corrected chi connectivity index (χ4v) is 5.28. The van der Waals surface area contributed by atoms with E-state index < -0.39 is 27.7 Å². The van der Waals surface area contributed by atoms with Gasteiger partial charge in [-0.05, 0) is 43.2 Å². The highest BCUT2D eigenvalue weighted by molar-refractivity contribution is 7.89. The van der Waals surface area contributed by atoms with E-state index in [0.29, 0.717) is 13.1 Å². The van der Waals surface area contributed by atoms with Crippen LogP contribution in [0.4, 0.5) is 13.2 Å². The molecule has 12 heteroatoms. The Bertz CT molecular complexity index is 1270. The van der Waals surface area contributed by atoms with E-state index in [-0.39, 0.29) is 28.5 Å². The standard InChI is InChI=1S/C21H22F3N5O3S/c22-21(23,24)16-8-9-18-26-27-19(29(18)14-16)13-25-20(30)15-6-5-7-17(12-15)33(31,32)28-10-3-1-2-4-11-28/h5-9,12,14H,1-4,10-11,13H2,(H,25,30). The smallest absolute Gasteiger partial charge is 0.345 e. The van der Waals surface area contributed by atoms with E-state index in [1.54, 1.807) is 0 Å². The van der Waals surface area contributed by atoms with Crippen LogP contribution in [0.3, 0.4) is 0 Å². The highest BCUT2D eigenvalue weighted by Crippen LogP contribution is 2.29. The number of hydrogen-bond donors (Lipinski definition) is 1. The summed E-state index contributed by atoms with van der Waals surface area (Å²) in [6.07, 6.45) is -0.112. The lowest BCUT2D eigenvalue weighted by atomic mass is 10.2. The number of fused-ring (bicyclic) bond motifs is 1. The quantitative estimate of drug-likeness (QED) is 0.604. The molecule has 8 nitrogen and oxygen atoms in total. The Morgan fingerprint density at radius 2 is 1.76 bits per heavy atom. The molecule has 176 valence electrons. The Morgan fingerprint density at radius 3 is 2.45 bits per heavy atom. The van der Waals surface area contributed by atoms with Crippen molar-refractivity contribution in [2.75, 3.05) is 13.1 Å². The van der Waals surface area contributed by atoms with Crippen LogP contribution < -0.4 is 5.32 Å². The molecular weight excluding hydrogens is 459 g/mol. The lowest BCUT2D eigenvalue weighted by molar-refractivity contribution is -0.137. The highest BCUT2D eigenvalue weighted by atomic mass is 32.2. The SMILES string of the molecule is O=C(NCc1nnc2ccc(C(F)(F)F)cn12)c1cccc(S(=O)(=O)N2CCCCCC2)c1. The van der Waals surface area contributed by atoms with Gasteiger partial charge in [-0.2, -0.15) is 17.5 Å². The number of alkyl halides is 3. The molecule has 1 aromatic carbocycles. The summed E-state index contributed by atoms with van der Waals surface area (Å²) in [6, 6.07) is 7.81. The first kappa shape index (κ1) is 23.2. The topological polar surface area (TPSA) is 96.7 Å². The van der Waals surface area contributed by atoms with Gasteiger partial charge in [0.05, 0.1) is 17.0 Å². The van der Waals surface area contributed by atoms with Gasteiger partial charge in [-0.25, -0.2) is 8.42 Å². The van der Waals surface area contributed by atoms with Crippen LogP contribution in [0.25, 0.3) is 5.65 Å². The van der Waals surface area contributed by atoms with E-state index in [0.717, 1.165) is 42.3 Å². The third-order valence-corrected chi connectivity index (χ3v) is 7.40. The Kier molecular flexibility index (Phi) is 6.39. The molecule has 1 fully saturated rings. The maximum absolute atomic E-state index is 13.0. The van der Waals surface area contributed by atoms with Crippen molar-refractivity contribution in [2.24, 2.45) is 0 Å². The van der Waals surface area contributed by atoms with Gasteiger partial charge in [0.15, 0.2) is 11.5 Å². The van der Waals surface area contributed by atoms with Gasteiger partial charge in [-0.15, -0.1) is 10.2 Å². The minimum Gasteiger partial charge on any atom is -0.345 e. The number of aromatic nitrogens is 3. The molecule has 1 amide bonds. The van der Waals surface area contributed by atoms with Gasteiger partial charge in [0.25, 0.3) is 5.91 Å². The zero-order valence-electron chi connectivity index (χ0n) is 17.5. The van der Waals surface area contributed by atoms with Crippen molar-refractivity contribution in [1.29, 1.82) is 0 Å². The molecule has 4 rings (SSSR count). The molecule has 1 N–H and O–H groups in total. The number of pyridine rings is 1. The average molecular weight is 482 g/mol. The predicted octanol–water partition coefficient (Wildman–Crippen LogP) is 3.24. The van der Waals surface area contributed by atoms with E-state index in [1.807, 2.05) is 0 Å². The number of carbonyl (C=O) groups is 1. The fourth-order valence-electron chi connectivity index (χ4n) is 3.72. The Labute approximate surface area is 188 Å². The Morgan fingerprint density at radius 1 is 1.03 bits per heavy atom. The predicted molar refractivity (Wildman–Crippen MR) is 113 cm³/mol. The van der Waals surface area contributed by atoms with Gasteiger partial charge in [-0.3, -0.25) is 9.20 Å². The first-order valence-electron chi connectivity index (χ1n) is 10.5. The summed E-state index contributed by atoms with van der Waals surface area (Å²) < 4.78 is 67.6. The Balaban J connectivity index is 1.51. The lowest BCUT2D eigenvalue weighted by Gasteiger charge is -2.20. The molecule has 1 aliphatic rings. The van der Waals surface area contributed by atoms with E-state index >= 15 is 0 Å². The van der Waals surface area contributed by atoms with Crippen LogP contribution >= 0.6 is 0 Å². The number of sulfonamides is 1. The van der Waals surface area contributed by atoms with Crippen LogP contribution in [0, 0.1) is 0 Å². The summed E-state index contributed by atoms with van der Waals surface area (Å²) in [4.78, 5) is 12.7. The van der Waals surface area contributed by atoms with Gasteiger partial charge in [0.2, 0.25) is 10.0 Å². The third kappa shape index (κ3) is 5.01. The largest absolute Gasteiger partial charge is 0.417 e. The second-order valence-corrected chi connectivity index (χ2v) is 9.73. The number of nitrogens with one attached hydrogen (secondary N) is 1. The van der Waals surface area contributed by atoms with Gasteiger partial charge >= 0.3 is 6.18 Å². The summed E-state index contributed by atoms with van der Waals surface area (Å²) in [5, 5.41) is 10.2. The number of nitrogens with zero attached hydrogens (tertiary/aromatic N) is 4. The van der Waals surface area contributed by atoms with Gasteiger partial charge in [-0.1, -0.05) is 18.9 Å². The van der Waals surface area contributed by atoms with E-state index in [1.165, 1.54) is 34.6 Å². The molecule has 0 aliphatic carbocycles. The summed E-state index contributed by atoms with van der Waals surface area (Å²) in [5.74, 6) is -0.468. The third-order valence-electron chi connectivity index (χ3n) is 5.51. The van der Waals surface area contributed by atoms with Crippen molar-refractivity contribution in [3.05, 3.63) is 59.5 Å². The number of halogens is 3. The van der Waals surface area contributed by atoms with Crippen molar-refractivity contribution >= 4 is 21.6 Å². The van der Waals surface area contributed by atoms with Gasteiger partial charge in [0, 0.05) is 24.8 Å². The normalized spacial score (nSPS) is 16.0.